The average Bonchev–Trinajstić information content (AvgIpc) is 2.79. The van der Waals surface area contributed by atoms with E-state index < -0.39 is 5.97 Å². The number of nitrogens with zero attached hydrogens (tertiary/aromatic N) is 1. The van der Waals surface area contributed by atoms with Gasteiger partial charge in [-0.3, -0.25) is 9.59 Å². The van der Waals surface area contributed by atoms with Gasteiger partial charge < -0.3 is 10.4 Å². The summed E-state index contributed by atoms with van der Waals surface area (Å²) >= 11 is 3.27. The van der Waals surface area contributed by atoms with Gasteiger partial charge in [0.05, 0.1) is 12.1 Å². The molecule has 0 saturated heterocycles. The molecule has 1 fully saturated rings. The normalized spacial score (nSPS) is 16.9. The highest BCUT2D eigenvalue weighted by Gasteiger charge is 2.38. The van der Waals surface area contributed by atoms with Crippen LogP contribution in [0.15, 0.2) is 22.9 Å². The Morgan fingerprint density at radius 3 is 2.65 bits per heavy atom. The van der Waals surface area contributed by atoms with Crippen molar-refractivity contribution >= 4 is 33.5 Å². The topological polar surface area (TPSA) is 79.3 Å². The van der Waals surface area contributed by atoms with Crippen molar-refractivity contribution in [3.8, 4) is 0 Å². The van der Waals surface area contributed by atoms with E-state index in [0.717, 1.165) is 25.7 Å². The van der Waals surface area contributed by atoms with Gasteiger partial charge in [-0.05, 0) is 46.3 Å². The molecule has 1 aromatic heterocycles. The SMILES string of the molecule is O=C(O)CC1(CC(=O)Nc2cccnc2Br)CCCC1. The molecule has 1 aliphatic carbocycles. The zero-order valence-electron chi connectivity index (χ0n) is 11.1. The number of anilines is 1. The first-order valence-corrected chi connectivity index (χ1v) is 7.42. The first kappa shape index (κ1) is 15.0. The van der Waals surface area contributed by atoms with Crippen molar-refractivity contribution in [2.75, 3.05) is 5.32 Å². The number of aliphatic carboxylic acids is 1. The molecule has 108 valence electrons. The lowest BCUT2D eigenvalue weighted by Crippen LogP contribution is -2.27. The monoisotopic (exact) mass is 340 g/mol. The summed E-state index contributed by atoms with van der Waals surface area (Å²) < 4.78 is 0.576. The van der Waals surface area contributed by atoms with Gasteiger partial charge in [-0.25, -0.2) is 4.98 Å². The number of carboxylic acids is 1. The van der Waals surface area contributed by atoms with Crippen molar-refractivity contribution in [3.05, 3.63) is 22.9 Å². The van der Waals surface area contributed by atoms with Crippen molar-refractivity contribution in [2.24, 2.45) is 5.41 Å². The third kappa shape index (κ3) is 3.79. The minimum absolute atomic E-state index is 0.0641. The molecule has 0 unspecified atom stereocenters. The maximum absolute atomic E-state index is 12.2. The molecule has 0 radical (unpaired) electrons. The molecule has 2 N–H and O–H groups in total. The van der Waals surface area contributed by atoms with Crippen LogP contribution in [0.4, 0.5) is 5.69 Å². The number of rotatable bonds is 5. The molecule has 0 bridgehead atoms. The number of pyridine rings is 1. The summed E-state index contributed by atoms with van der Waals surface area (Å²) in [7, 11) is 0. The van der Waals surface area contributed by atoms with Crippen LogP contribution in [0.2, 0.25) is 0 Å². The van der Waals surface area contributed by atoms with Crippen LogP contribution in [0.25, 0.3) is 0 Å². The van der Waals surface area contributed by atoms with Crippen LogP contribution in [0.5, 0.6) is 0 Å². The average molecular weight is 341 g/mol. The number of hydrogen-bond acceptors (Lipinski definition) is 3. The number of hydrogen-bond donors (Lipinski definition) is 2. The molecule has 0 spiro atoms. The Labute approximate surface area is 125 Å². The van der Waals surface area contributed by atoms with Crippen molar-refractivity contribution in [1.29, 1.82) is 0 Å². The van der Waals surface area contributed by atoms with E-state index in [1.807, 2.05) is 0 Å². The quantitative estimate of drug-likeness (QED) is 0.806. The van der Waals surface area contributed by atoms with E-state index in [0.29, 0.717) is 10.3 Å². The highest BCUT2D eigenvalue weighted by Crippen LogP contribution is 2.44. The molecule has 0 aliphatic heterocycles. The second-order valence-corrected chi connectivity index (χ2v) is 6.10. The summed E-state index contributed by atoms with van der Waals surface area (Å²) in [6, 6.07) is 3.50. The molecule has 0 atom stereocenters. The molecule has 1 heterocycles. The van der Waals surface area contributed by atoms with Gasteiger partial charge in [0.25, 0.3) is 0 Å². The summed E-state index contributed by atoms with van der Waals surface area (Å²) in [6.45, 7) is 0. The van der Waals surface area contributed by atoms with Crippen molar-refractivity contribution < 1.29 is 14.7 Å². The molecule has 20 heavy (non-hydrogen) atoms. The van der Waals surface area contributed by atoms with Crippen LogP contribution < -0.4 is 5.32 Å². The summed E-state index contributed by atoms with van der Waals surface area (Å²) in [5.41, 5.74) is 0.228. The summed E-state index contributed by atoms with van der Waals surface area (Å²) in [5, 5.41) is 11.8. The van der Waals surface area contributed by atoms with Gasteiger partial charge >= 0.3 is 5.97 Å². The summed E-state index contributed by atoms with van der Waals surface area (Å²) in [6.07, 6.45) is 5.55. The highest BCUT2D eigenvalue weighted by atomic mass is 79.9. The molecular weight excluding hydrogens is 324 g/mol. The lowest BCUT2D eigenvalue weighted by molar-refractivity contribution is -0.140. The Balaban J connectivity index is 2.02. The Morgan fingerprint density at radius 2 is 2.05 bits per heavy atom. The van der Waals surface area contributed by atoms with E-state index in [2.05, 4.69) is 26.2 Å². The number of aromatic nitrogens is 1. The second kappa shape index (κ2) is 6.35. The largest absolute Gasteiger partial charge is 0.481 e. The third-order valence-corrected chi connectivity index (χ3v) is 4.39. The van der Waals surface area contributed by atoms with E-state index >= 15 is 0 Å². The fourth-order valence-corrected chi connectivity index (χ4v) is 3.23. The van der Waals surface area contributed by atoms with E-state index in [4.69, 9.17) is 5.11 Å². The summed E-state index contributed by atoms with van der Waals surface area (Å²) in [5.74, 6) is -0.982. The van der Waals surface area contributed by atoms with Gasteiger partial charge in [-0.2, -0.15) is 0 Å². The molecule has 2 rings (SSSR count). The molecular formula is C14H17BrN2O3. The van der Waals surface area contributed by atoms with Crippen molar-refractivity contribution in [1.82, 2.24) is 4.98 Å². The van der Waals surface area contributed by atoms with Gasteiger partial charge in [0.2, 0.25) is 5.91 Å². The van der Waals surface area contributed by atoms with Gasteiger partial charge in [0.1, 0.15) is 4.60 Å². The minimum atomic E-state index is -0.831. The van der Waals surface area contributed by atoms with E-state index in [9.17, 15) is 9.59 Å². The zero-order valence-corrected chi connectivity index (χ0v) is 12.6. The number of nitrogens with one attached hydrogen (secondary N) is 1. The fraction of sp³-hybridized carbons (Fsp3) is 0.500. The van der Waals surface area contributed by atoms with Crippen molar-refractivity contribution in [3.63, 3.8) is 0 Å². The first-order valence-electron chi connectivity index (χ1n) is 6.63. The number of carbonyl (C=O) groups is 2. The molecule has 1 aliphatic rings. The third-order valence-electron chi connectivity index (χ3n) is 3.76. The Hall–Kier alpha value is -1.43. The first-order chi connectivity index (χ1) is 9.51. The van der Waals surface area contributed by atoms with Crippen LogP contribution in [0.3, 0.4) is 0 Å². The van der Waals surface area contributed by atoms with Gasteiger partial charge in [0, 0.05) is 12.6 Å². The maximum atomic E-state index is 12.2. The standard InChI is InChI=1S/C14H17BrN2O3/c15-13-10(4-3-7-16-13)17-11(18)8-14(9-12(19)20)5-1-2-6-14/h3-4,7H,1-2,5-6,8-9H2,(H,17,18)(H,19,20). The molecule has 0 aromatic carbocycles. The Morgan fingerprint density at radius 1 is 1.35 bits per heavy atom. The smallest absolute Gasteiger partial charge is 0.303 e. The molecule has 5 nitrogen and oxygen atoms in total. The predicted molar refractivity (Wildman–Crippen MR) is 78.3 cm³/mol. The predicted octanol–water partition coefficient (Wildman–Crippen LogP) is 3.21. The molecule has 1 amide bonds. The fourth-order valence-electron chi connectivity index (χ4n) is 2.88. The Kier molecular flexibility index (Phi) is 4.75. The lowest BCUT2D eigenvalue weighted by atomic mass is 9.79. The summed E-state index contributed by atoms with van der Waals surface area (Å²) in [4.78, 5) is 27.2. The van der Waals surface area contributed by atoms with E-state index in [1.165, 1.54) is 0 Å². The number of carbonyl (C=O) groups excluding carboxylic acids is 1. The van der Waals surface area contributed by atoms with Crippen molar-refractivity contribution in [2.45, 2.75) is 38.5 Å². The Bertz CT molecular complexity index is 513. The molecule has 1 saturated carbocycles. The number of halogens is 1. The van der Waals surface area contributed by atoms with Crippen LogP contribution in [0, 0.1) is 5.41 Å². The number of carboxylic acid groups (broad SMARTS) is 1. The number of amides is 1. The van der Waals surface area contributed by atoms with Crippen LogP contribution in [-0.4, -0.2) is 22.0 Å². The van der Waals surface area contributed by atoms with Gasteiger partial charge in [-0.1, -0.05) is 12.8 Å². The highest BCUT2D eigenvalue weighted by molar-refractivity contribution is 9.10. The minimum Gasteiger partial charge on any atom is -0.481 e. The lowest BCUT2D eigenvalue weighted by Gasteiger charge is -2.26. The van der Waals surface area contributed by atoms with Gasteiger partial charge in [-0.15, -0.1) is 0 Å². The zero-order chi connectivity index (χ0) is 14.6. The molecule has 1 aromatic rings. The second-order valence-electron chi connectivity index (χ2n) is 5.34. The molecule has 6 heteroatoms. The van der Waals surface area contributed by atoms with Crippen LogP contribution in [0.1, 0.15) is 38.5 Å². The van der Waals surface area contributed by atoms with Crippen LogP contribution >= 0.6 is 15.9 Å². The van der Waals surface area contributed by atoms with E-state index in [1.54, 1.807) is 18.3 Å². The maximum Gasteiger partial charge on any atom is 0.303 e. The van der Waals surface area contributed by atoms with E-state index in [-0.39, 0.29) is 24.2 Å². The van der Waals surface area contributed by atoms with Gasteiger partial charge in [0.15, 0.2) is 0 Å². The van der Waals surface area contributed by atoms with Crippen LogP contribution in [-0.2, 0) is 9.59 Å².